The molecule has 0 amide bonds. The normalized spacial score (nSPS) is 15.0. The predicted octanol–water partition coefficient (Wildman–Crippen LogP) is 3.37. The molecule has 0 atom stereocenters. The maximum atomic E-state index is 12.0. The number of aromatic nitrogens is 1. The van der Waals surface area contributed by atoms with Gasteiger partial charge in [-0.15, -0.1) is 0 Å². The minimum Gasteiger partial charge on any atom is -0.711 e. The van der Waals surface area contributed by atoms with Crippen LogP contribution >= 0.6 is 0 Å². The number of nitro groups is 1. The first-order valence-corrected chi connectivity index (χ1v) is 9.47. The molecule has 0 radical (unpaired) electrons. The van der Waals surface area contributed by atoms with E-state index in [0.717, 1.165) is 19.3 Å². The van der Waals surface area contributed by atoms with Crippen LogP contribution in [0.25, 0.3) is 11.0 Å². The van der Waals surface area contributed by atoms with Crippen molar-refractivity contribution in [2.45, 2.75) is 19.3 Å². The third-order valence-corrected chi connectivity index (χ3v) is 5.35. The lowest BCUT2D eigenvalue weighted by molar-refractivity contribution is -0.593. The second kappa shape index (κ2) is 7.86. The van der Waals surface area contributed by atoms with Crippen LogP contribution in [-0.4, -0.2) is 29.7 Å². The third kappa shape index (κ3) is 4.03. The van der Waals surface area contributed by atoms with Crippen molar-refractivity contribution in [2.24, 2.45) is 5.92 Å². The molecule has 0 saturated carbocycles. The van der Waals surface area contributed by atoms with Gasteiger partial charge in [0.25, 0.3) is 11.5 Å². The number of fused-ring (bicyclic) bond motifs is 1. The summed E-state index contributed by atoms with van der Waals surface area (Å²) in [6.07, 6.45) is 5.13. The zero-order valence-electron chi connectivity index (χ0n) is 15.7. The van der Waals surface area contributed by atoms with Gasteiger partial charge in [-0.25, -0.2) is 4.73 Å². The zero-order valence-corrected chi connectivity index (χ0v) is 15.7. The first-order chi connectivity index (χ1) is 14.0. The molecule has 0 aliphatic carbocycles. The zero-order chi connectivity index (χ0) is 20.4. The molecule has 1 aliphatic rings. The molecule has 0 unspecified atom stereocenters. The molecule has 9 heteroatoms. The standard InChI is InChI=1S/C20H21N3O6/c24-18-13-29-19-12-16(1-2-17(18)19)28-10-6-14-3-7-21(8-4-14)20-11-15(23(26)27)5-9-22(20)25/h1-2,5,9,11-14,24H,3-4,6-8,10H2. The van der Waals surface area contributed by atoms with Crippen molar-refractivity contribution in [2.75, 3.05) is 24.6 Å². The molecule has 0 bridgehead atoms. The van der Waals surface area contributed by atoms with Crippen LogP contribution in [-0.2, 0) is 0 Å². The van der Waals surface area contributed by atoms with Crippen LogP contribution in [0.5, 0.6) is 11.5 Å². The van der Waals surface area contributed by atoms with Gasteiger partial charge >= 0.3 is 0 Å². The average molecular weight is 399 g/mol. The number of hydrogen-bond acceptors (Lipinski definition) is 7. The van der Waals surface area contributed by atoms with E-state index in [1.807, 2.05) is 4.90 Å². The molecule has 29 heavy (non-hydrogen) atoms. The Balaban J connectivity index is 1.29. The number of piperidine rings is 1. The van der Waals surface area contributed by atoms with Crippen molar-refractivity contribution < 1.29 is 23.9 Å². The summed E-state index contributed by atoms with van der Waals surface area (Å²) in [5.74, 6) is 1.58. The summed E-state index contributed by atoms with van der Waals surface area (Å²) >= 11 is 0. The molecule has 3 heterocycles. The summed E-state index contributed by atoms with van der Waals surface area (Å²) in [7, 11) is 0. The molecule has 2 aromatic heterocycles. The largest absolute Gasteiger partial charge is 0.711 e. The Labute approximate surface area is 166 Å². The fraction of sp³-hybridized carbons (Fsp3) is 0.350. The number of rotatable bonds is 6. The van der Waals surface area contributed by atoms with Gasteiger partial charge in [0.15, 0.2) is 5.75 Å². The van der Waals surface area contributed by atoms with E-state index >= 15 is 0 Å². The van der Waals surface area contributed by atoms with Crippen molar-refractivity contribution in [3.05, 3.63) is 58.1 Å². The van der Waals surface area contributed by atoms with E-state index in [9.17, 15) is 20.4 Å². The number of benzene rings is 1. The van der Waals surface area contributed by atoms with Gasteiger partial charge in [-0.05, 0) is 37.3 Å². The second-order valence-electron chi connectivity index (χ2n) is 7.17. The van der Waals surface area contributed by atoms with E-state index in [2.05, 4.69) is 0 Å². The van der Waals surface area contributed by atoms with E-state index in [0.29, 0.717) is 52.9 Å². The molecular formula is C20H21N3O6. The molecule has 1 saturated heterocycles. The highest BCUT2D eigenvalue weighted by molar-refractivity contribution is 5.84. The number of hydrogen-bond donors (Lipinski definition) is 1. The molecule has 3 aromatic rings. The first kappa shape index (κ1) is 18.9. The summed E-state index contributed by atoms with van der Waals surface area (Å²) < 4.78 is 11.8. The molecule has 9 nitrogen and oxygen atoms in total. The topological polar surface area (TPSA) is 116 Å². The molecule has 1 aliphatic heterocycles. The van der Waals surface area contributed by atoms with Crippen molar-refractivity contribution in [1.82, 2.24) is 0 Å². The van der Waals surface area contributed by atoms with Crippen LogP contribution in [0.3, 0.4) is 0 Å². The number of ether oxygens (including phenoxy) is 1. The smallest absolute Gasteiger partial charge is 0.286 e. The number of aromatic hydroxyl groups is 1. The number of nitrogens with zero attached hydrogens (tertiary/aromatic N) is 3. The third-order valence-electron chi connectivity index (χ3n) is 5.35. The molecule has 152 valence electrons. The Morgan fingerprint density at radius 3 is 2.83 bits per heavy atom. The lowest BCUT2D eigenvalue weighted by Gasteiger charge is -2.29. The predicted molar refractivity (Wildman–Crippen MR) is 105 cm³/mol. The summed E-state index contributed by atoms with van der Waals surface area (Å²) in [6.45, 7) is 1.90. The second-order valence-corrected chi connectivity index (χ2v) is 7.17. The van der Waals surface area contributed by atoms with Crippen molar-refractivity contribution in [3.8, 4) is 11.5 Å². The van der Waals surface area contributed by atoms with E-state index in [1.54, 1.807) is 18.2 Å². The van der Waals surface area contributed by atoms with E-state index in [4.69, 9.17) is 9.15 Å². The van der Waals surface area contributed by atoms with Gasteiger partial charge in [0.1, 0.15) is 29.9 Å². The SMILES string of the molecule is O=[N+]([O-])c1cc[n+]([O-])c(N2CCC(CCOc3ccc4c(O)coc4c3)CC2)c1. The Morgan fingerprint density at radius 2 is 2.07 bits per heavy atom. The van der Waals surface area contributed by atoms with Gasteiger partial charge in [0.2, 0.25) is 0 Å². The van der Waals surface area contributed by atoms with Crippen LogP contribution in [0.1, 0.15) is 19.3 Å². The first-order valence-electron chi connectivity index (χ1n) is 9.47. The average Bonchev–Trinajstić information content (AvgIpc) is 3.09. The van der Waals surface area contributed by atoms with Gasteiger partial charge < -0.3 is 19.5 Å². The molecule has 4 rings (SSSR count). The summed E-state index contributed by atoms with van der Waals surface area (Å²) in [4.78, 5) is 12.4. The molecule has 0 spiro atoms. The van der Waals surface area contributed by atoms with Gasteiger partial charge in [-0.2, -0.15) is 0 Å². The van der Waals surface area contributed by atoms with Gasteiger partial charge in [-0.3, -0.25) is 15.0 Å². The van der Waals surface area contributed by atoms with Gasteiger partial charge in [0, 0.05) is 6.07 Å². The lowest BCUT2D eigenvalue weighted by Crippen LogP contribution is -2.42. The minimum absolute atomic E-state index is 0.0792. The monoisotopic (exact) mass is 399 g/mol. The molecular weight excluding hydrogens is 378 g/mol. The fourth-order valence-electron chi connectivity index (χ4n) is 3.69. The maximum absolute atomic E-state index is 12.0. The van der Waals surface area contributed by atoms with Crippen molar-refractivity contribution >= 4 is 22.5 Å². The molecule has 1 aromatic carbocycles. The van der Waals surface area contributed by atoms with E-state index in [-0.39, 0.29) is 11.4 Å². The van der Waals surface area contributed by atoms with E-state index < -0.39 is 4.92 Å². The fourth-order valence-corrected chi connectivity index (χ4v) is 3.69. The summed E-state index contributed by atoms with van der Waals surface area (Å²) in [5, 5.41) is 33.2. The highest BCUT2D eigenvalue weighted by atomic mass is 16.6. The minimum atomic E-state index is -0.491. The molecule has 1 fully saturated rings. The highest BCUT2D eigenvalue weighted by Crippen LogP contribution is 2.30. The Kier molecular flexibility index (Phi) is 5.11. The van der Waals surface area contributed by atoms with Gasteiger partial charge in [-0.1, -0.05) is 0 Å². The van der Waals surface area contributed by atoms with Crippen LogP contribution in [0.15, 0.2) is 47.2 Å². The van der Waals surface area contributed by atoms with Crippen molar-refractivity contribution in [1.29, 1.82) is 0 Å². The number of anilines is 1. The molecule has 1 N–H and O–H groups in total. The Bertz CT molecular complexity index is 1030. The number of pyridine rings is 1. The van der Waals surface area contributed by atoms with Crippen LogP contribution in [0.4, 0.5) is 11.5 Å². The lowest BCUT2D eigenvalue weighted by atomic mass is 9.94. The Hall–Kier alpha value is -3.49. The van der Waals surface area contributed by atoms with Crippen LogP contribution < -0.4 is 14.4 Å². The summed E-state index contributed by atoms with van der Waals surface area (Å²) in [5.41, 5.74) is 0.501. The summed E-state index contributed by atoms with van der Waals surface area (Å²) in [6, 6.07) is 7.86. The van der Waals surface area contributed by atoms with Crippen LogP contribution in [0, 0.1) is 21.2 Å². The van der Waals surface area contributed by atoms with Crippen molar-refractivity contribution in [3.63, 3.8) is 0 Å². The van der Waals surface area contributed by atoms with Crippen LogP contribution in [0.2, 0.25) is 0 Å². The quantitative estimate of drug-likeness (QED) is 0.292. The maximum Gasteiger partial charge on any atom is 0.286 e. The van der Waals surface area contributed by atoms with Gasteiger partial charge in [0.05, 0.1) is 36.1 Å². The Morgan fingerprint density at radius 1 is 1.28 bits per heavy atom. The van der Waals surface area contributed by atoms with E-state index in [1.165, 1.54) is 24.6 Å². The highest BCUT2D eigenvalue weighted by Gasteiger charge is 2.27. The number of furan rings is 1.